The van der Waals surface area contributed by atoms with E-state index in [-0.39, 0.29) is 24.3 Å². The van der Waals surface area contributed by atoms with Crippen LogP contribution in [0.5, 0.6) is 0 Å². The smallest absolute Gasteiger partial charge is 0.411 e. The molecule has 0 bridgehead atoms. The molecule has 0 aliphatic carbocycles. The molecule has 2 fully saturated rings. The second kappa shape index (κ2) is 13.0. The van der Waals surface area contributed by atoms with Crippen molar-refractivity contribution < 1.29 is 19.1 Å². The number of amides is 2. The Hall–Kier alpha value is -4.86. The summed E-state index contributed by atoms with van der Waals surface area (Å²) in [5.74, 6) is 1.53. The van der Waals surface area contributed by atoms with Gasteiger partial charge in [0.1, 0.15) is 22.9 Å². The molecule has 0 radical (unpaired) electrons. The maximum Gasteiger partial charge on any atom is 0.411 e. The Labute approximate surface area is 282 Å². The van der Waals surface area contributed by atoms with Gasteiger partial charge in [-0.25, -0.2) is 19.6 Å². The fraction of sp³-hybridized carbons (Fsp3) is 0.421. The number of hydrogen-bond donors (Lipinski definition) is 2. The number of ether oxygens (including phenoxy) is 2. The van der Waals surface area contributed by atoms with Gasteiger partial charge >= 0.3 is 12.2 Å². The number of carbonyl (C=O) groups is 2. The minimum absolute atomic E-state index is 0.120. The molecule has 10 nitrogen and oxygen atoms in total. The molecular formula is C38H46N6O4. The lowest BCUT2D eigenvalue weighted by atomic mass is 10.0. The van der Waals surface area contributed by atoms with Crippen molar-refractivity contribution in [1.82, 2.24) is 29.7 Å². The summed E-state index contributed by atoms with van der Waals surface area (Å²) in [5.41, 5.74) is 6.11. The summed E-state index contributed by atoms with van der Waals surface area (Å²) in [7, 11) is 0. The topological polar surface area (TPSA) is 116 Å². The van der Waals surface area contributed by atoms with E-state index in [0.717, 1.165) is 64.6 Å². The van der Waals surface area contributed by atoms with E-state index in [9.17, 15) is 9.59 Å². The zero-order valence-corrected chi connectivity index (χ0v) is 29.0. The second-order valence-electron chi connectivity index (χ2n) is 14.6. The first-order valence-corrected chi connectivity index (χ1v) is 16.7. The van der Waals surface area contributed by atoms with Crippen molar-refractivity contribution in [2.24, 2.45) is 0 Å². The van der Waals surface area contributed by atoms with E-state index >= 15 is 0 Å². The van der Waals surface area contributed by atoms with Crippen LogP contribution in [0, 0.1) is 0 Å². The van der Waals surface area contributed by atoms with Gasteiger partial charge < -0.3 is 19.4 Å². The Morgan fingerprint density at radius 2 is 1.19 bits per heavy atom. The van der Waals surface area contributed by atoms with E-state index in [4.69, 9.17) is 9.47 Å². The van der Waals surface area contributed by atoms with Gasteiger partial charge in [0, 0.05) is 13.1 Å². The lowest BCUT2D eigenvalue weighted by Crippen LogP contribution is -2.36. The van der Waals surface area contributed by atoms with E-state index in [2.05, 4.69) is 74.5 Å². The number of aromatic amines is 2. The molecule has 2 saturated heterocycles. The van der Waals surface area contributed by atoms with Gasteiger partial charge in [-0.05, 0) is 90.0 Å². The fourth-order valence-electron chi connectivity index (χ4n) is 6.30. The zero-order chi connectivity index (χ0) is 34.2. The average molecular weight is 651 g/mol. The molecule has 4 heterocycles. The summed E-state index contributed by atoms with van der Waals surface area (Å²) < 4.78 is 11.3. The molecule has 0 unspecified atom stereocenters. The predicted molar refractivity (Wildman–Crippen MR) is 186 cm³/mol. The molecule has 2 amide bonds. The van der Waals surface area contributed by atoms with E-state index in [0.29, 0.717) is 13.1 Å². The molecule has 252 valence electrons. The van der Waals surface area contributed by atoms with Crippen LogP contribution in [-0.2, 0) is 9.47 Å². The molecule has 2 aromatic heterocycles. The lowest BCUT2D eigenvalue weighted by molar-refractivity contribution is 0.0210. The number of rotatable bonds is 5. The van der Waals surface area contributed by atoms with Gasteiger partial charge in [-0.2, -0.15) is 0 Å². The van der Waals surface area contributed by atoms with Crippen molar-refractivity contribution in [3.63, 3.8) is 0 Å². The van der Waals surface area contributed by atoms with E-state index in [1.165, 1.54) is 5.57 Å². The molecule has 2 aromatic carbocycles. The maximum absolute atomic E-state index is 13.0. The molecule has 0 saturated carbocycles. The molecule has 48 heavy (non-hydrogen) atoms. The molecule has 4 aromatic rings. The first-order chi connectivity index (χ1) is 22.8. The van der Waals surface area contributed by atoms with Gasteiger partial charge in [0.2, 0.25) is 0 Å². The second-order valence-corrected chi connectivity index (χ2v) is 14.6. The maximum atomic E-state index is 13.0. The number of hydrogen-bond acceptors (Lipinski definition) is 6. The van der Waals surface area contributed by atoms with Crippen molar-refractivity contribution in [1.29, 1.82) is 0 Å². The Kier molecular flexibility index (Phi) is 8.94. The van der Waals surface area contributed by atoms with Gasteiger partial charge in [0.15, 0.2) is 0 Å². The highest BCUT2D eigenvalue weighted by atomic mass is 16.6. The average Bonchev–Trinajstić information content (AvgIpc) is 3.85. The summed E-state index contributed by atoms with van der Waals surface area (Å²) >= 11 is 0. The largest absolute Gasteiger partial charge is 0.444 e. The molecule has 10 heteroatoms. The zero-order valence-electron chi connectivity index (χ0n) is 29.0. The van der Waals surface area contributed by atoms with Crippen LogP contribution in [0.1, 0.15) is 91.5 Å². The fourth-order valence-corrected chi connectivity index (χ4v) is 6.30. The third kappa shape index (κ3) is 7.32. The van der Waals surface area contributed by atoms with Gasteiger partial charge in [-0.1, -0.05) is 60.2 Å². The van der Waals surface area contributed by atoms with Crippen LogP contribution in [0.4, 0.5) is 9.59 Å². The van der Waals surface area contributed by atoms with Gasteiger partial charge in [0.25, 0.3) is 0 Å². The number of benzene rings is 2. The highest BCUT2D eigenvalue weighted by Gasteiger charge is 2.37. The summed E-state index contributed by atoms with van der Waals surface area (Å²) in [6.07, 6.45) is 7.59. The SMILES string of the molecule is CC=C1C[C@@H](c2ncc(-c3ccc(-c4ccc(-c5cnc([C@@H]6CCCN6C(=O)OC(C)(C)C)[nH]5)cc4)cc3)[nH]2)N(C(=O)OC(C)(C)C)C1. The van der Waals surface area contributed by atoms with Crippen LogP contribution in [0.2, 0.25) is 0 Å². The van der Waals surface area contributed by atoms with Gasteiger partial charge in [-0.3, -0.25) is 9.80 Å². The number of aromatic nitrogens is 4. The Morgan fingerprint density at radius 1 is 0.729 bits per heavy atom. The molecule has 2 aliphatic heterocycles. The molecule has 2 aliphatic rings. The third-order valence-corrected chi connectivity index (χ3v) is 8.67. The minimum Gasteiger partial charge on any atom is -0.444 e. The normalized spacial score (nSPS) is 19.3. The standard InChI is InChI=1S/C38H46N6O4/c1-8-24-20-32(44(23-24)36(46)48-38(5,6)7)34-40-22-30(42-34)28-17-13-26(14-18-28)25-11-15-27(16-12-25)29-21-39-33(41-29)31-10-9-19-43(31)35(45)47-37(2,3)4/h8,11-18,21-22,31-32H,9-10,19-20,23H2,1-7H3,(H,39,41)(H,40,42)/t31-,32-/m0/s1. The Balaban J connectivity index is 1.13. The Bertz CT molecular complexity index is 1790. The van der Waals surface area contributed by atoms with E-state index < -0.39 is 11.2 Å². The summed E-state index contributed by atoms with van der Waals surface area (Å²) in [6.45, 7) is 14.5. The molecule has 0 spiro atoms. The van der Waals surface area contributed by atoms with Crippen molar-refractivity contribution in [2.45, 2.75) is 91.0 Å². The number of nitrogens with zero attached hydrogens (tertiary/aromatic N) is 4. The molecule has 6 rings (SSSR count). The number of allylic oxidation sites excluding steroid dienone is 1. The number of nitrogens with one attached hydrogen (secondary N) is 2. The van der Waals surface area contributed by atoms with Crippen LogP contribution in [-0.4, -0.2) is 66.2 Å². The first kappa shape index (κ1) is 33.1. The van der Waals surface area contributed by atoms with Crippen molar-refractivity contribution in [3.05, 3.63) is 84.2 Å². The first-order valence-electron chi connectivity index (χ1n) is 16.7. The highest BCUT2D eigenvalue weighted by molar-refractivity contribution is 5.73. The monoisotopic (exact) mass is 650 g/mol. The predicted octanol–water partition coefficient (Wildman–Crippen LogP) is 8.83. The lowest BCUT2D eigenvalue weighted by Gasteiger charge is -2.27. The van der Waals surface area contributed by atoms with Crippen LogP contribution < -0.4 is 0 Å². The van der Waals surface area contributed by atoms with Gasteiger partial charge in [0.05, 0.1) is 35.9 Å². The van der Waals surface area contributed by atoms with Gasteiger partial charge in [-0.15, -0.1) is 0 Å². The molecule has 2 atom stereocenters. The third-order valence-electron chi connectivity index (χ3n) is 8.67. The highest BCUT2D eigenvalue weighted by Crippen LogP contribution is 2.37. The number of likely N-dealkylation sites (tertiary alicyclic amines) is 2. The number of carbonyl (C=O) groups excluding carboxylic acids is 2. The summed E-state index contributed by atoms with van der Waals surface area (Å²) in [6, 6.07) is 16.4. The quantitative estimate of drug-likeness (QED) is 0.209. The van der Waals surface area contributed by atoms with Crippen LogP contribution in [0.15, 0.2) is 72.6 Å². The molecular weight excluding hydrogens is 604 g/mol. The number of imidazole rings is 2. The van der Waals surface area contributed by atoms with E-state index in [1.54, 1.807) is 9.80 Å². The summed E-state index contributed by atoms with van der Waals surface area (Å²) in [4.78, 5) is 45.5. The summed E-state index contributed by atoms with van der Waals surface area (Å²) in [5, 5.41) is 0. The van der Waals surface area contributed by atoms with Crippen molar-refractivity contribution >= 4 is 12.2 Å². The van der Waals surface area contributed by atoms with Crippen LogP contribution >= 0.6 is 0 Å². The molecule has 2 N–H and O–H groups in total. The van der Waals surface area contributed by atoms with Crippen LogP contribution in [0.25, 0.3) is 33.6 Å². The van der Waals surface area contributed by atoms with Crippen LogP contribution in [0.3, 0.4) is 0 Å². The van der Waals surface area contributed by atoms with E-state index in [1.807, 2.05) is 60.9 Å². The Morgan fingerprint density at radius 3 is 1.67 bits per heavy atom. The number of H-pyrrole nitrogens is 2. The van der Waals surface area contributed by atoms with Crippen molar-refractivity contribution in [3.8, 4) is 33.6 Å². The van der Waals surface area contributed by atoms with Crippen molar-refractivity contribution in [2.75, 3.05) is 13.1 Å². The minimum atomic E-state index is -0.568.